The molecule has 0 aromatic carbocycles. The van der Waals surface area contributed by atoms with Gasteiger partial charge in [0.1, 0.15) is 0 Å². The number of aliphatic carboxylic acids is 1. The van der Waals surface area contributed by atoms with Crippen molar-refractivity contribution in [2.24, 2.45) is 0 Å². The van der Waals surface area contributed by atoms with Crippen molar-refractivity contribution in [1.82, 2.24) is 0 Å². The monoisotopic (exact) mass is 196 g/mol. The Hall–Kier alpha value is 0.300. The Balaban J connectivity index is -0.000000142. The third kappa shape index (κ3) is 48.2. The van der Waals surface area contributed by atoms with Gasteiger partial charge in [-0.1, -0.05) is 12.2 Å². The Bertz CT molecular complexity index is 114. The van der Waals surface area contributed by atoms with E-state index in [1.54, 1.807) is 0 Å². The van der Waals surface area contributed by atoms with Crippen molar-refractivity contribution in [3.63, 3.8) is 0 Å². The van der Waals surface area contributed by atoms with Crippen LogP contribution in [0.4, 0.5) is 0 Å². The summed E-state index contributed by atoms with van der Waals surface area (Å²) in [5.41, 5.74) is 0. The predicted molar refractivity (Wildman–Crippen MR) is 48.4 cm³/mol. The van der Waals surface area contributed by atoms with Crippen LogP contribution in [0.15, 0.2) is 25.3 Å². The number of rotatable bonds is 4. The third-order valence-electron chi connectivity index (χ3n) is 0.471. The molecule has 12 heavy (non-hydrogen) atoms. The van der Waals surface area contributed by atoms with E-state index in [-0.39, 0.29) is 29.6 Å². The van der Waals surface area contributed by atoms with Crippen LogP contribution in [-0.2, 0) is 4.79 Å². The molecular formula is C8H13NaO2S. The number of hydrogen-bond donors (Lipinski definition) is 0. The predicted octanol–water partition coefficient (Wildman–Crippen LogP) is -2.15. The van der Waals surface area contributed by atoms with Gasteiger partial charge in [-0.05, 0) is 6.92 Å². The summed E-state index contributed by atoms with van der Waals surface area (Å²) in [5.74, 6) is 0.984. The first-order valence-corrected chi connectivity index (χ1v) is 4.27. The summed E-state index contributed by atoms with van der Waals surface area (Å²) < 4.78 is 0. The molecule has 0 N–H and O–H groups in total. The van der Waals surface area contributed by atoms with Crippen LogP contribution < -0.4 is 34.7 Å². The molecule has 0 aliphatic carbocycles. The Kier molecular flexibility index (Phi) is 26.3. The van der Waals surface area contributed by atoms with Crippen LogP contribution in [0.25, 0.3) is 0 Å². The summed E-state index contributed by atoms with van der Waals surface area (Å²) in [5, 5.41) is 8.89. The first kappa shape index (κ1) is 18.2. The van der Waals surface area contributed by atoms with Crippen molar-refractivity contribution in [3.8, 4) is 0 Å². The molecule has 0 unspecified atom stereocenters. The van der Waals surface area contributed by atoms with E-state index in [1.165, 1.54) is 0 Å². The molecule has 0 spiro atoms. The summed E-state index contributed by atoms with van der Waals surface area (Å²) in [4.78, 5) is 8.89. The number of carbonyl (C=O) groups is 1. The van der Waals surface area contributed by atoms with Crippen LogP contribution >= 0.6 is 11.8 Å². The molecule has 0 aromatic heterocycles. The number of carboxylic acids is 1. The second-order valence-corrected chi connectivity index (χ2v) is 2.68. The van der Waals surface area contributed by atoms with E-state index in [9.17, 15) is 0 Å². The maximum atomic E-state index is 8.89. The van der Waals surface area contributed by atoms with Crippen molar-refractivity contribution >= 4 is 17.7 Å². The van der Waals surface area contributed by atoms with Crippen molar-refractivity contribution in [2.75, 3.05) is 11.5 Å². The van der Waals surface area contributed by atoms with Crippen LogP contribution in [0.5, 0.6) is 0 Å². The summed E-state index contributed by atoms with van der Waals surface area (Å²) in [7, 11) is 0. The second kappa shape index (κ2) is 17.4. The van der Waals surface area contributed by atoms with E-state index in [4.69, 9.17) is 9.90 Å². The molecule has 4 heteroatoms. The summed E-state index contributed by atoms with van der Waals surface area (Å²) in [6.45, 7) is 8.13. The van der Waals surface area contributed by atoms with Gasteiger partial charge in [-0.15, -0.1) is 13.2 Å². The topological polar surface area (TPSA) is 40.1 Å². The minimum Gasteiger partial charge on any atom is -0.550 e. The number of thioether (sulfide) groups is 1. The molecule has 2 nitrogen and oxygen atoms in total. The van der Waals surface area contributed by atoms with Gasteiger partial charge in [-0.25, -0.2) is 0 Å². The maximum absolute atomic E-state index is 8.89. The summed E-state index contributed by atoms with van der Waals surface area (Å²) >= 11 is 1.82. The molecular weight excluding hydrogens is 183 g/mol. The fourth-order valence-corrected chi connectivity index (χ4v) is 0.704. The van der Waals surface area contributed by atoms with E-state index in [0.29, 0.717) is 0 Å². The number of hydrogen-bond acceptors (Lipinski definition) is 3. The molecule has 0 amide bonds. The largest absolute Gasteiger partial charge is 1.00 e. The minimum atomic E-state index is -1.08. The van der Waals surface area contributed by atoms with E-state index in [1.807, 2.05) is 23.9 Å². The first-order valence-electron chi connectivity index (χ1n) is 3.12. The summed E-state index contributed by atoms with van der Waals surface area (Å²) in [6.07, 6.45) is 3.79. The van der Waals surface area contributed by atoms with E-state index in [2.05, 4.69) is 13.2 Å². The van der Waals surface area contributed by atoms with Crippen molar-refractivity contribution in [2.45, 2.75) is 6.92 Å². The smallest absolute Gasteiger partial charge is 0.550 e. The molecule has 0 bridgehead atoms. The van der Waals surface area contributed by atoms with Gasteiger partial charge in [0, 0.05) is 17.5 Å². The van der Waals surface area contributed by atoms with Gasteiger partial charge >= 0.3 is 29.6 Å². The third-order valence-corrected chi connectivity index (χ3v) is 1.41. The standard InChI is InChI=1S/C6H10S.C2H4O2.Na/c1-3-5-7-6-4-2;1-2(3)4;/h3-4H,1-2,5-6H2;1H3,(H,3,4);/q;;+1/p-1. The normalized spacial score (nSPS) is 6.75. The van der Waals surface area contributed by atoms with Crippen LogP contribution in [-0.4, -0.2) is 17.5 Å². The van der Waals surface area contributed by atoms with E-state index in [0.717, 1.165) is 18.4 Å². The molecule has 0 radical (unpaired) electrons. The zero-order valence-electron chi connectivity index (χ0n) is 7.71. The minimum absolute atomic E-state index is 0. The molecule has 64 valence electrons. The Morgan fingerprint density at radius 3 is 1.83 bits per heavy atom. The fourth-order valence-electron chi connectivity index (χ4n) is 0.235. The van der Waals surface area contributed by atoms with Crippen LogP contribution in [0.2, 0.25) is 0 Å². The van der Waals surface area contributed by atoms with Gasteiger partial charge in [-0.2, -0.15) is 11.8 Å². The van der Waals surface area contributed by atoms with Gasteiger partial charge in [0.05, 0.1) is 0 Å². The average Bonchev–Trinajstić information content (AvgIpc) is 1.88. The molecule has 0 saturated heterocycles. The molecule has 0 saturated carbocycles. The summed E-state index contributed by atoms with van der Waals surface area (Å²) in [6, 6.07) is 0. The van der Waals surface area contributed by atoms with E-state index < -0.39 is 5.97 Å². The molecule has 0 rings (SSSR count). The first-order chi connectivity index (χ1) is 5.15. The average molecular weight is 196 g/mol. The quantitative estimate of drug-likeness (QED) is 0.292. The molecule has 0 heterocycles. The van der Waals surface area contributed by atoms with Crippen LogP contribution in [0, 0.1) is 0 Å². The number of carbonyl (C=O) groups excluding carboxylic acids is 1. The van der Waals surface area contributed by atoms with Crippen LogP contribution in [0.3, 0.4) is 0 Å². The van der Waals surface area contributed by atoms with Crippen molar-refractivity contribution in [3.05, 3.63) is 25.3 Å². The fraction of sp³-hybridized carbons (Fsp3) is 0.375. The molecule has 0 aromatic rings. The molecule has 0 fully saturated rings. The Morgan fingerprint density at radius 1 is 1.42 bits per heavy atom. The van der Waals surface area contributed by atoms with Crippen LogP contribution in [0.1, 0.15) is 6.92 Å². The maximum Gasteiger partial charge on any atom is 1.00 e. The van der Waals surface area contributed by atoms with E-state index >= 15 is 0 Å². The van der Waals surface area contributed by atoms with Crippen molar-refractivity contribution in [1.29, 1.82) is 0 Å². The van der Waals surface area contributed by atoms with Gasteiger partial charge in [-0.3, -0.25) is 0 Å². The van der Waals surface area contributed by atoms with Gasteiger partial charge in [0.25, 0.3) is 0 Å². The van der Waals surface area contributed by atoms with Gasteiger partial charge in [0.15, 0.2) is 0 Å². The number of carboxylic acid groups (broad SMARTS) is 1. The van der Waals surface area contributed by atoms with Gasteiger partial charge in [0.2, 0.25) is 0 Å². The Morgan fingerprint density at radius 2 is 1.67 bits per heavy atom. The molecule has 0 aliphatic heterocycles. The zero-order valence-corrected chi connectivity index (χ0v) is 10.5. The molecule has 0 atom stereocenters. The molecule has 0 aliphatic rings. The SMILES string of the molecule is C=CCSCC=C.CC(=O)[O-].[Na+]. The second-order valence-electron chi connectivity index (χ2n) is 1.61. The Labute approximate surface area is 100 Å². The van der Waals surface area contributed by atoms with Crippen molar-refractivity contribution < 1.29 is 39.5 Å². The van der Waals surface area contributed by atoms with Gasteiger partial charge < -0.3 is 9.90 Å². The zero-order chi connectivity index (χ0) is 9.11.